The molecule has 2 aliphatic heterocycles. The molecular formula is C32H45BN9O2Si. The number of nitrogens with one attached hydrogen (secondary N) is 1. The van der Waals surface area contributed by atoms with Crippen molar-refractivity contribution in [2.45, 2.75) is 57.8 Å². The zero-order valence-electron chi connectivity index (χ0n) is 27.9. The lowest BCUT2D eigenvalue weighted by Crippen LogP contribution is -2.46. The summed E-state index contributed by atoms with van der Waals surface area (Å²) in [5.74, 6) is 0.457. The molecule has 0 spiro atoms. The summed E-state index contributed by atoms with van der Waals surface area (Å²) in [6.45, 7) is 19.2. The molecule has 13 heteroatoms. The lowest BCUT2D eigenvalue weighted by Gasteiger charge is -2.39. The number of carbonyl (C=O) groups is 1. The molecular weight excluding hydrogens is 581 g/mol. The van der Waals surface area contributed by atoms with Crippen molar-refractivity contribution in [1.82, 2.24) is 29.5 Å². The molecule has 2 aromatic heterocycles. The van der Waals surface area contributed by atoms with Crippen molar-refractivity contribution in [2.24, 2.45) is 7.05 Å². The van der Waals surface area contributed by atoms with Crippen molar-refractivity contribution < 1.29 is 9.22 Å². The van der Waals surface area contributed by atoms with Crippen LogP contribution in [0.1, 0.15) is 44.5 Å². The normalized spacial score (nSPS) is 19.3. The van der Waals surface area contributed by atoms with E-state index < -0.39 is 13.7 Å². The Balaban J connectivity index is 1.45. The number of piperazine rings is 1. The maximum Gasteiger partial charge on any atom is 0.329 e. The summed E-state index contributed by atoms with van der Waals surface area (Å²) in [7, 11) is 3.53. The van der Waals surface area contributed by atoms with Gasteiger partial charge in [0.25, 0.3) is 0 Å². The summed E-state index contributed by atoms with van der Waals surface area (Å²) in [5.41, 5.74) is 5.11. The molecule has 1 aromatic carbocycles. The van der Waals surface area contributed by atoms with E-state index in [0.717, 1.165) is 67.1 Å². The van der Waals surface area contributed by atoms with Crippen LogP contribution in [-0.4, -0.2) is 97.8 Å². The maximum absolute atomic E-state index is 11.6. The Kier molecular flexibility index (Phi) is 9.24. The Morgan fingerprint density at radius 2 is 1.93 bits per heavy atom. The first-order chi connectivity index (χ1) is 21.2. The van der Waals surface area contributed by atoms with Crippen LogP contribution in [0.5, 0.6) is 0 Å². The van der Waals surface area contributed by atoms with Crippen LogP contribution in [0.25, 0.3) is 11.3 Å². The van der Waals surface area contributed by atoms with E-state index in [4.69, 9.17) is 14.5 Å². The Morgan fingerprint density at radius 1 is 1.20 bits per heavy atom. The van der Waals surface area contributed by atoms with Crippen LogP contribution in [0.4, 0.5) is 17.3 Å². The predicted molar refractivity (Wildman–Crippen MR) is 182 cm³/mol. The van der Waals surface area contributed by atoms with Crippen LogP contribution < -0.4 is 10.1 Å². The fourth-order valence-electron chi connectivity index (χ4n) is 5.73. The van der Waals surface area contributed by atoms with Crippen molar-refractivity contribution >= 4 is 39.2 Å². The highest BCUT2D eigenvalue weighted by Gasteiger charge is 2.44. The lowest BCUT2D eigenvalue weighted by molar-refractivity contribution is 0.147. The summed E-state index contributed by atoms with van der Waals surface area (Å²) in [5, 5.41) is 18.4. The average Bonchev–Trinajstić information content (AvgIpc) is 3.47. The second-order valence-corrected chi connectivity index (χ2v) is 19.0. The van der Waals surface area contributed by atoms with Crippen LogP contribution in [0.3, 0.4) is 0 Å². The van der Waals surface area contributed by atoms with Gasteiger partial charge in [-0.3, -0.25) is 9.58 Å². The number of nitrogens with zero attached hydrogens (tertiary/aromatic N) is 8. The number of aromatic nitrogens is 4. The summed E-state index contributed by atoms with van der Waals surface area (Å²) >= 11 is 0. The number of nitriles is 1. The summed E-state index contributed by atoms with van der Waals surface area (Å²) in [6.07, 6.45) is 4.46. The molecule has 0 aliphatic carbocycles. The monoisotopic (exact) mass is 626 g/mol. The van der Waals surface area contributed by atoms with Gasteiger partial charge >= 0.3 is 7.41 Å². The number of hydrogen-bond acceptors (Lipinski definition) is 10. The highest BCUT2D eigenvalue weighted by atomic mass is 28.4. The van der Waals surface area contributed by atoms with E-state index in [1.165, 1.54) is 7.41 Å². The molecule has 3 aromatic rings. The number of hydrogen-bond donors (Lipinski definition) is 1. The van der Waals surface area contributed by atoms with E-state index in [1.807, 2.05) is 34.9 Å². The number of rotatable bonds is 10. The van der Waals surface area contributed by atoms with Crippen molar-refractivity contribution in [3.8, 4) is 17.3 Å². The summed E-state index contributed by atoms with van der Waals surface area (Å²) < 4.78 is 8.53. The van der Waals surface area contributed by atoms with Crippen molar-refractivity contribution in [2.75, 3.05) is 56.5 Å². The molecule has 4 heterocycles. The van der Waals surface area contributed by atoms with Crippen molar-refractivity contribution in [1.29, 1.82) is 5.26 Å². The molecule has 1 atom stereocenters. The molecule has 237 valence electrons. The minimum absolute atomic E-state index is 0.0576. The first-order valence-electron chi connectivity index (χ1n) is 15.5. The van der Waals surface area contributed by atoms with E-state index in [0.29, 0.717) is 30.4 Å². The van der Waals surface area contributed by atoms with Crippen LogP contribution in [0.15, 0.2) is 30.6 Å². The van der Waals surface area contributed by atoms with Gasteiger partial charge in [-0.05, 0) is 48.9 Å². The van der Waals surface area contributed by atoms with Crippen molar-refractivity contribution in [3.05, 3.63) is 47.4 Å². The molecule has 0 bridgehead atoms. The Labute approximate surface area is 269 Å². The predicted octanol–water partition coefficient (Wildman–Crippen LogP) is 4.15. The molecule has 11 nitrogen and oxygen atoms in total. The average molecular weight is 627 g/mol. The highest BCUT2D eigenvalue weighted by molar-refractivity contribution is 6.74. The molecule has 45 heavy (non-hydrogen) atoms. The van der Waals surface area contributed by atoms with Gasteiger partial charge in [-0.2, -0.15) is 10.4 Å². The van der Waals surface area contributed by atoms with Gasteiger partial charge in [0.05, 0.1) is 22.6 Å². The number of anilines is 3. The largest absolute Gasteiger partial charge is 0.416 e. The number of fused-ring (bicyclic) bond motifs is 1. The number of aryl methyl sites for hydroxylation is 1. The van der Waals surface area contributed by atoms with Gasteiger partial charge in [-0.25, -0.2) is 9.97 Å². The number of likely N-dealkylation sites (N-methyl/N-ethyl adjacent to an activating group) is 1. The van der Waals surface area contributed by atoms with Gasteiger partial charge in [0.2, 0.25) is 5.95 Å². The summed E-state index contributed by atoms with van der Waals surface area (Å²) in [4.78, 5) is 27.6. The topological polar surface area (TPSA) is 115 Å². The molecule has 0 saturated carbocycles. The first kappa shape index (κ1) is 32.8. The third-order valence-electron chi connectivity index (χ3n) is 9.56. The van der Waals surface area contributed by atoms with Gasteiger partial charge in [-0.1, -0.05) is 27.7 Å². The van der Waals surface area contributed by atoms with Crippen LogP contribution >= 0.6 is 0 Å². The van der Waals surface area contributed by atoms with Crippen molar-refractivity contribution in [3.63, 3.8) is 0 Å². The van der Waals surface area contributed by atoms with Gasteiger partial charge in [0.15, 0.2) is 8.32 Å². The number of carbonyl (C=O) groups excluding carboxylic acids is 1. The van der Waals surface area contributed by atoms with Gasteiger partial charge < -0.3 is 24.2 Å². The quantitative estimate of drug-likeness (QED) is 0.260. The van der Waals surface area contributed by atoms with E-state index in [-0.39, 0.29) is 5.04 Å². The van der Waals surface area contributed by atoms with Crippen LogP contribution in [0.2, 0.25) is 18.1 Å². The smallest absolute Gasteiger partial charge is 0.329 e. The lowest BCUT2D eigenvalue weighted by atomic mass is 9.83. The minimum Gasteiger partial charge on any atom is -0.416 e. The second kappa shape index (κ2) is 12.7. The maximum atomic E-state index is 11.6. The zero-order chi connectivity index (χ0) is 32.6. The van der Waals surface area contributed by atoms with Gasteiger partial charge in [0, 0.05) is 82.0 Å². The van der Waals surface area contributed by atoms with E-state index >= 15 is 0 Å². The fourth-order valence-corrected chi connectivity index (χ4v) is 6.84. The molecule has 1 N–H and O–H groups in total. The Hall–Kier alpha value is -3.57. The molecule has 5 rings (SSSR count). The zero-order valence-corrected chi connectivity index (χ0v) is 28.9. The van der Waals surface area contributed by atoms with Crippen LogP contribution in [-0.2, 0) is 28.2 Å². The highest BCUT2D eigenvalue weighted by Crippen LogP contribution is 2.46. The minimum atomic E-state index is -2.05. The van der Waals surface area contributed by atoms with Crippen LogP contribution in [0, 0.1) is 11.3 Å². The fraction of sp³-hybridized carbons (Fsp3) is 0.531. The SMILES string of the molecule is CN1CCN(Cc2nn(C)cc2Nc2nccc(-c3cc(C#N)c4c(c3)[C@@](C)(CO[Si](C)(C)C(C)(C)C)CN4[B]C=O)n2)CC1. The van der Waals surface area contributed by atoms with E-state index in [1.54, 1.807) is 6.20 Å². The Morgan fingerprint density at radius 3 is 2.60 bits per heavy atom. The third kappa shape index (κ3) is 6.99. The molecule has 0 unspecified atom stereocenters. The molecule has 1 radical (unpaired) electrons. The molecule has 2 aliphatic rings. The van der Waals surface area contributed by atoms with Gasteiger partial charge in [0.1, 0.15) is 12.3 Å². The Bertz CT molecular complexity index is 1590. The van der Waals surface area contributed by atoms with E-state index in [2.05, 4.69) is 80.1 Å². The van der Waals surface area contributed by atoms with E-state index in [9.17, 15) is 10.1 Å². The number of benzene rings is 1. The molecule has 1 fully saturated rings. The van der Waals surface area contributed by atoms with Gasteiger partial charge in [-0.15, -0.1) is 0 Å². The second-order valence-electron chi connectivity index (χ2n) is 14.2. The standard InChI is InChI=1S/C32H45BN9O2Si/c1-31(2,3)45(7,8)44-21-32(4)20-42(33-22-43)29-24(17-34)15-23(16-25(29)32)26-9-10-35-30(36-26)37-27-18-40(6)38-28(27)19-41-13-11-39(5)12-14-41/h9-10,15-16,18,22H,11-14,19-21H2,1-8H3,(H,35,36,37)/t32-/m1/s1. The molecule has 1 saturated heterocycles. The first-order valence-corrected chi connectivity index (χ1v) is 18.5. The summed E-state index contributed by atoms with van der Waals surface area (Å²) in [6, 6.07) is 8.18. The molecule has 0 amide bonds. The third-order valence-corrected chi connectivity index (χ3v) is 14.0.